The second kappa shape index (κ2) is 7.22. The minimum absolute atomic E-state index is 0.0855. The van der Waals surface area contributed by atoms with Crippen LogP contribution in [0.5, 0.6) is 0 Å². The van der Waals surface area contributed by atoms with Gasteiger partial charge in [0.15, 0.2) is 8.32 Å². The van der Waals surface area contributed by atoms with Crippen molar-refractivity contribution >= 4 is 14.3 Å². The third-order valence-electron chi connectivity index (χ3n) is 3.62. The Bertz CT molecular complexity index is 318. The number of ether oxygens (including phenoxy) is 1. The van der Waals surface area contributed by atoms with Crippen molar-refractivity contribution in [2.24, 2.45) is 5.92 Å². The van der Waals surface area contributed by atoms with Crippen LogP contribution in [0.15, 0.2) is 12.2 Å². The van der Waals surface area contributed by atoms with E-state index < -0.39 is 8.32 Å². The number of hydrogen-bond acceptors (Lipinski definition) is 4. The molecule has 0 fully saturated rings. The smallest absolute Gasteiger partial charge is 0.312 e. The normalized spacial score (nSPS) is 16.4. The predicted octanol–water partition coefficient (Wildman–Crippen LogP) is 2.73. The summed E-state index contributed by atoms with van der Waals surface area (Å²) in [4.78, 5) is 11.3. The van der Waals surface area contributed by atoms with E-state index in [1.54, 1.807) is 19.1 Å². The highest BCUT2D eigenvalue weighted by atomic mass is 28.4. The standard InChI is InChI=1S/C14H28O4Si/c1-11(13(16)17-5)8-9-12(10-15)18-19(6,7)14(2,3)4/h8-9,11-12,15H,10H2,1-7H3/t11-,12+/m1/s1. The molecule has 1 N–H and O–H groups in total. The Kier molecular flexibility index (Phi) is 6.97. The molecule has 0 saturated carbocycles. The fourth-order valence-electron chi connectivity index (χ4n) is 1.25. The second-order valence-electron chi connectivity index (χ2n) is 6.30. The molecule has 0 bridgehead atoms. The van der Waals surface area contributed by atoms with Gasteiger partial charge in [-0.2, -0.15) is 0 Å². The number of aliphatic hydroxyl groups is 1. The monoisotopic (exact) mass is 288 g/mol. The van der Waals surface area contributed by atoms with Gasteiger partial charge in [0.05, 0.1) is 25.7 Å². The molecule has 0 rings (SSSR count). The summed E-state index contributed by atoms with van der Waals surface area (Å²) in [5.74, 6) is -0.623. The molecule has 19 heavy (non-hydrogen) atoms. The molecule has 0 aliphatic rings. The third-order valence-corrected chi connectivity index (χ3v) is 8.12. The molecule has 0 unspecified atom stereocenters. The SMILES string of the molecule is COC(=O)[C@H](C)C=C[C@@H](CO)O[Si](C)(C)C(C)(C)C. The highest BCUT2D eigenvalue weighted by Crippen LogP contribution is 2.37. The van der Waals surface area contributed by atoms with E-state index in [9.17, 15) is 9.90 Å². The van der Waals surface area contributed by atoms with Gasteiger partial charge < -0.3 is 14.3 Å². The maximum absolute atomic E-state index is 11.3. The maximum atomic E-state index is 11.3. The van der Waals surface area contributed by atoms with E-state index in [1.165, 1.54) is 7.11 Å². The van der Waals surface area contributed by atoms with Gasteiger partial charge in [-0.25, -0.2) is 0 Å². The zero-order chi connectivity index (χ0) is 15.3. The summed E-state index contributed by atoms with van der Waals surface area (Å²) in [5, 5.41) is 9.48. The lowest BCUT2D eigenvalue weighted by molar-refractivity contribution is -0.143. The molecular weight excluding hydrogens is 260 g/mol. The molecule has 5 heteroatoms. The second-order valence-corrected chi connectivity index (χ2v) is 11.1. The molecule has 0 amide bonds. The predicted molar refractivity (Wildman–Crippen MR) is 79.5 cm³/mol. The van der Waals surface area contributed by atoms with Gasteiger partial charge in [0.25, 0.3) is 0 Å². The summed E-state index contributed by atoms with van der Waals surface area (Å²) in [6.07, 6.45) is 3.11. The lowest BCUT2D eigenvalue weighted by atomic mass is 10.1. The number of rotatable bonds is 6. The van der Waals surface area contributed by atoms with Crippen molar-refractivity contribution in [2.45, 2.75) is 51.9 Å². The Morgan fingerprint density at radius 2 is 1.84 bits per heavy atom. The van der Waals surface area contributed by atoms with Crippen LogP contribution in [-0.4, -0.2) is 39.2 Å². The van der Waals surface area contributed by atoms with Crippen LogP contribution >= 0.6 is 0 Å². The van der Waals surface area contributed by atoms with Crippen LogP contribution < -0.4 is 0 Å². The number of carbonyl (C=O) groups excluding carboxylic acids is 1. The molecule has 112 valence electrons. The summed E-state index contributed by atoms with van der Waals surface area (Å²) < 4.78 is 10.7. The molecule has 4 nitrogen and oxygen atoms in total. The molecule has 0 radical (unpaired) electrons. The van der Waals surface area contributed by atoms with Crippen molar-refractivity contribution in [3.8, 4) is 0 Å². The van der Waals surface area contributed by atoms with E-state index in [4.69, 9.17) is 4.43 Å². The van der Waals surface area contributed by atoms with Crippen LogP contribution in [0.3, 0.4) is 0 Å². The zero-order valence-electron chi connectivity index (χ0n) is 13.2. The molecule has 0 aromatic heterocycles. The first-order valence-electron chi connectivity index (χ1n) is 6.60. The Morgan fingerprint density at radius 3 is 2.21 bits per heavy atom. The van der Waals surface area contributed by atoms with Gasteiger partial charge in [-0.15, -0.1) is 0 Å². The lowest BCUT2D eigenvalue weighted by Crippen LogP contribution is -2.44. The van der Waals surface area contributed by atoms with E-state index >= 15 is 0 Å². The van der Waals surface area contributed by atoms with Crippen LogP contribution in [-0.2, 0) is 14.0 Å². The molecule has 2 atom stereocenters. The highest BCUT2D eigenvalue weighted by Gasteiger charge is 2.38. The van der Waals surface area contributed by atoms with Gasteiger partial charge in [0.2, 0.25) is 0 Å². The van der Waals surface area contributed by atoms with Crippen LogP contribution in [0.1, 0.15) is 27.7 Å². The Balaban J connectivity index is 4.70. The molecule has 0 aliphatic heterocycles. The van der Waals surface area contributed by atoms with Crippen molar-refractivity contribution in [1.82, 2.24) is 0 Å². The molecule has 0 aliphatic carbocycles. The first-order chi connectivity index (χ1) is 8.55. The van der Waals surface area contributed by atoms with Gasteiger partial charge >= 0.3 is 5.97 Å². The quantitative estimate of drug-likeness (QED) is 0.464. The average Bonchev–Trinajstić information content (AvgIpc) is 2.31. The van der Waals surface area contributed by atoms with Gasteiger partial charge in [-0.05, 0) is 25.1 Å². The lowest BCUT2D eigenvalue weighted by Gasteiger charge is -2.38. The summed E-state index contributed by atoms with van der Waals surface area (Å²) in [5.41, 5.74) is 0. The first-order valence-corrected chi connectivity index (χ1v) is 9.51. The molecule has 0 aromatic carbocycles. The topological polar surface area (TPSA) is 55.8 Å². The van der Waals surface area contributed by atoms with Crippen LogP contribution in [0, 0.1) is 5.92 Å². The van der Waals surface area contributed by atoms with E-state index in [2.05, 4.69) is 38.6 Å². The van der Waals surface area contributed by atoms with Crippen LogP contribution in [0.4, 0.5) is 0 Å². The number of methoxy groups -OCH3 is 1. The zero-order valence-corrected chi connectivity index (χ0v) is 14.2. The first kappa shape index (κ1) is 18.3. The minimum Gasteiger partial charge on any atom is -0.469 e. The van der Waals surface area contributed by atoms with E-state index in [0.29, 0.717) is 0 Å². The van der Waals surface area contributed by atoms with Gasteiger partial charge in [-0.3, -0.25) is 4.79 Å². The summed E-state index contributed by atoms with van der Waals surface area (Å²) in [6, 6.07) is 0. The summed E-state index contributed by atoms with van der Waals surface area (Å²) >= 11 is 0. The van der Waals surface area contributed by atoms with E-state index in [1.807, 2.05) is 0 Å². The Morgan fingerprint density at radius 1 is 1.32 bits per heavy atom. The van der Waals surface area contributed by atoms with Gasteiger partial charge in [0, 0.05) is 0 Å². The van der Waals surface area contributed by atoms with E-state index in [-0.39, 0.29) is 29.6 Å². The largest absolute Gasteiger partial charge is 0.469 e. The van der Waals surface area contributed by atoms with Crippen LogP contribution in [0.2, 0.25) is 18.1 Å². The number of carbonyl (C=O) groups is 1. The molecular formula is C14H28O4Si. The van der Waals surface area contributed by atoms with Gasteiger partial charge in [0.1, 0.15) is 0 Å². The van der Waals surface area contributed by atoms with Crippen LogP contribution in [0.25, 0.3) is 0 Å². The Hall–Kier alpha value is -0.653. The summed E-state index contributed by atoms with van der Waals surface area (Å²) in [7, 11) is -0.560. The minimum atomic E-state index is -1.92. The van der Waals surface area contributed by atoms with Crippen molar-refractivity contribution in [3.05, 3.63) is 12.2 Å². The summed E-state index contributed by atoms with van der Waals surface area (Å²) in [6.45, 7) is 12.4. The van der Waals surface area contributed by atoms with Crippen molar-refractivity contribution in [2.75, 3.05) is 13.7 Å². The van der Waals surface area contributed by atoms with Crippen molar-refractivity contribution < 1.29 is 19.1 Å². The molecule has 0 saturated heterocycles. The van der Waals surface area contributed by atoms with Crippen molar-refractivity contribution in [3.63, 3.8) is 0 Å². The average molecular weight is 288 g/mol. The van der Waals surface area contributed by atoms with Crippen molar-refractivity contribution in [1.29, 1.82) is 0 Å². The fourth-order valence-corrected chi connectivity index (χ4v) is 2.51. The maximum Gasteiger partial charge on any atom is 0.312 e. The fraction of sp³-hybridized carbons (Fsp3) is 0.786. The number of hydrogen-bond donors (Lipinski definition) is 1. The molecule has 0 heterocycles. The van der Waals surface area contributed by atoms with E-state index in [0.717, 1.165) is 0 Å². The number of aliphatic hydroxyl groups excluding tert-OH is 1. The Labute approximate surface area is 117 Å². The third kappa shape index (κ3) is 5.89. The molecule has 0 aromatic rings. The number of esters is 1. The van der Waals surface area contributed by atoms with Gasteiger partial charge in [-0.1, -0.05) is 32.9 Å². The highest BCUT2D eigenvalue weighted by molar-refractivity contribution is 6.74. The molecule has 0 spiro atoms.